The second kappa shape index (κ2) is 7.77. The van der Waals surface area contributed by atoms with E-state index in [0.717, 1.165) is 44.8 Å². The van der Waals surface area contributed by atoms with Crippen molar-refractivity contribution in [2.75, 3.05) is 45.9 Å². The van der Waals surface area contributed by atoms with Crippen molar-refractivity contribution < 1.29 is 9.53 Å². The third kappa shape index (κ3) is 3.76. The number of carbonyl (C=O) groups excluding carboxylic acids is 1. The summed E-state index contributed by atoms with van der Waals surface area (Å²) in [5, 5.41) is 0. The molecule has 0 bridgehead atoms. The number of aromatic nitrogens is 1. The van der Waals surface area contributed by atoms with Crippen LogP contribution >= 0.6 is 0 Å². The van der Waals surface area contributed by atoms with E-state index in [1.807, 2.05) is 19.1 Å². The maximum absolute atomic E-state index is 12.8. The lowest BCUT2D eigenvalue weighted by molar-refractivity contribution is 0.0362. The molecule has 1 aromatic rings. The van der Waals surface area contributed by atoms with Crippen LogP contribution in [0.1, 0.15) is 22.3 Å². The highest BCUT2D eigenvalue weighted by Crippen LogP contribution is 2.10. The van der Waals surface area contributed by atoms with Crippen molar-refractivity contribution >= 4 is 5.91 Å². The molecule has 130 valence electrons. The fraction of sp³-hybridized carbons (Fsp3) is 0.556. The molecule has 24 heavy (non-hydrogen) atoms. The van der Waals surface area contributed by atoms with Crippen LogP contribution < -0.4 is 5.56 Å². The van der Waals surface area contributed by atoms with Crippen molar-refractivity contribution in [1.82, 2.24) is 14.4 Å². The van der Waals surface area contributed by atoms with Gasteiger partial charge in [0.25, 0.3) is 11.5 Å². The number of pyridine rings is 1. The smallest absolute Gasteiger partial charge is 0.263 e. The van der Waals surface area contributed by atoms with E-state index in [2.05, 4.69) is 11.0 Å². The second-order valence-corrected chi connectivity index (χ2v) is 6.34. The average molecular weight is 331 g/mol. The summed E-state index contributed by atoms with van der Waals surface area (Å²) in [6.07, 6.45) is 6.70. The second-order valence-electron chi connectivity index (χ2n) is 6.34. The van der Waals surface area contributed by atoms with Gasteiger partial charge in [0.05, 0.1) is 13.2 Å². The predicted octanol–water partition coefficient (Wildman–Crippen LogP) is 0.891. The van der Waals surface area contributed by atoms with E-state index >= 15 is 0 Å². The highest BCUT2D eigenvalue weighted by Gasteiger charge is 2.22. The number of aryl methyl sites for hydroxylation is 1. The molecule has 2 aliphatic rings. The average Bonchev–Trinajstić information content (AvgIpc) is 2.62. The zero-order valence-corrected chi connectivity index (χ0v) is 14.2. The topological polar surface area (TPSA) is 54.8 Å². The van der Waals surface area contributed by atoms with Crippen molar-refractivity contribution in [2.24, 2.45) is 0 Å². The highest BCUT2D eigenvalue weighted by molar-refractivity contribution is 5.95. The van der Waals surface area contributed by atoms with Gasteiger partial charge in [0.15, 0.2) is 0 Å². The number of nitrogens with zero attached hydrogens (tertiary/aromatic N) is 3. The van der Waals surface area contributed by atoms with Gasteiger partial charge >= 0.3 is 0 Å². The molecule has 0 saturated carbocycles. The molecule has 0 aromatic carbocycles. The van der Waals surface area contributed by atoms with Crippen LogP contribution in [0.2, 0.25) is 0 Å². The van der Waals surface area contributed by atoms with Crippen LogP contribution in [-0.4, -0.2) is 66.2 Å². The van der Waals surface area contributed by atoms with Crippen LogP contribution in [0.4, 0.5) is 0 Å². The monoisotopic (exact) mass is 331 g/mol. The fourth-order valence-electron chi connectivity index (χ4n) is 3.16. The van der Waals surface area contributed by atoms with Gasteiger partial charge in [0.1, 0.15) is 5.56 Å². The first-order chi connectivity index (χ1) is 11.7. The van der Waals surface area contributed by atoms with Crippen LogP contribution in [0.3, 0.4) is 0 Å². The highest BCUT2D eigenvalue weighted by atomic mass is 16.5. The predicted molar refractivity (Wildman–Crippen MR) is 92.4 cm³/mol. The third-order valence-corrected chi connectivity index (χ3v) is 4.69. The Kier molecular flexibility index (Phi) is 5.48. The molecule has 0 N–H and O–H groups in total. The van der Waals surface area contributed by atoms with Gasteiger partial charge in [-0.15, -0.1) is 0 Å². The van der Waals surface area contributed by atoms with E-state index in [0.29, 0.717) is 25.2 Å². The van der Waals surface area contributed by atoms with E-state index in [1.165, 1.54) is 0 Å². The van der Waals surface area contributed by atoms with E-state index in [9.17, 15) is 9.59 Å². The van der Waals surface area contributed by atoms with Crippen molar-refractivity contribution in [3.05, 3.63) is 45.9 Å². The molecular weight excluding hydrogens is 306 g/mol. The van der Waals surface area contributed by atoms with Crippen LogP contribution in [0.25, 0.3) is 0 Å². The quantitative estimate of drug-likeness (QED) is 0.769. The van der Waals surface area contributed by atoms with E-state index < -0.39 is 0 Å². The van der Waals surface area contributed by atoms with Crippen molar-refractivity contribution in [3.8, 4) is 0 Å². The van der Waals surface area contributed by atoms with Gasteiger partial charge in [-0.25, -0.2) is 0 Å². The summed E-state index contributed by atoms with van der Waals surface area (Å²) in [4.78, 5) is 29.6. The van der Waals surface area contributed by atoms with E-state index in [-0.39, 0.29) is 11.5 Å². The van der Waals surface area contributed by atoms with Crippen LogP contribution in [0.5, 0.6) is 0 Å². The molecule has 0 aliphatic carbocycles. The minimum Gasteiger partial charge on any atom is -0.379 e. The molecule has 3 rings (SSSR count). The SMILES string of the molecule is Cc1ccn(CCN2CCOCC2)c(=O)c1C(=O)N1CC=CCC1. The Morgan fingerprint density at radius 3 is 2.67 bits per heavy atom. The number of morpholine rings is 1. The Hall–Kier alpha value is -1.92. The molecule has 1 fully saturated rings. The Labute approximate surface area is 142 Å². The van der Waals surface area contributed by atoms with Gasteiger partial charge in [-0.1, -0.05) is 12.2 Å². The Bertz CT molecular complexity index is 675. The standard InChI is InChI=1S/C18H25N3O3/c1-15-5-8-21(10-9-19-11-13-24-14-12-19)18(23)16(15)17(22)20-6-3-2-4-7-20/h2-3,5,8H,4,6-7,9-14H2,1H3. The van der Waals surface area contributed by atoms with Gasteiger partial charge in [-0.05, 0) is 25.0 Å². The Balaban J connectivity index is 1.75. The summed E-state index contributed by atoms with van der Waals surface area (Å²) in [5.74, 6) is -0.150. The first-order valence-corrected chi connectivity index (χ1v) is 8.61. The minimum absolute atomic E-state index is 0.150. The molecule has 6 heteroatoms. The van der Waals surface area contributed by atoms with Crippen LogP contribution in [0, 0.1) is 6.92 Å². The van der Waals surface area contributed by atoms with Gasteiger partial charge in [-0.3, -0.25) is 14.5 Å². The number of amides is 1. The lowest BCUT2D eigenvalue weighted by atomic mass is 10.1. The molecule has 1 amide bonds. The number of rotatable bonds is 4. The molecule has 0 atom stereocenters. The van der Waals surface area contributed by atoms with Crippen LogP contribution in [0.15, 0.2) is 29.2 Å². The number of carbonyl (C=O) groups is 1. The zero-order chi connectivity index (χ0) is 16.9. The summed E-state index contributed by atoms with van der Waals surface area (Å²) in [6, 6.07) is 1.87. The normalized spacial score (nSPS) is 18.8. The van der Waals surface area contributed by atoms with E-state index in [4.69, 9.17) is 4.74 Å². The number of hydrogen-bond acceptors (Lipinski definition) is 4. The van der Waals surface area contributed by atoms with Gasteiger partial charge in [0, 0.05) is 45.5 Å². The first-order valence-electron chi connectivity index (χ1n) is 8.61. The van der Waals surface area contributed by atoms with Crippen molar-refractivity contribution in [3.63, 3.8) is 0 Å². The summed E-state index contributed by atoms with van der Waals surface area (Å²) in [5.41, 5.74) is 0.889. The number of hydrogen-bond donors (Lipinski definition) is 0. The minimum atomic E-state index is -0.178. The maximum atomic E-state index is 12.8. The zero-order valence-electron chi connectivity index (χ0n) is 14.2. The van der Waals surface area contributed by atoms with E-state index in [1.54, 1.807) is 15.7 Å². The third-order valence-electron chi connectivity index (χ3n) is 4.69. The summed E-state index contributed by atoms with van der Waals surface area (Å²) in [6.45, 7) is 7.77. The summed E-state index contributed by atoms with van der Waals surface area (Å²) >= 11 is 0. The van der Waals surface area contributed by atoms with Gasteiger partial charge < -0.3 is 14.2 Å². The first kappa shape index (κ1) is 16.9. The molecule has 1 saturated heterocycles. The summed E-state index contributed by atoms with van der Waals surface area (Å²) < 4.78 is 7.01. The Morgan fingerprint density at radius 1 is 1.17 bits per heavy atom. The lowest BCUT2D eigenvalue weighted by Gasteiger charge is -2.27. The van der Waals surface area contributed by atoms with Crippen molar-refractivity contribution in [1.29, 1.82) is 0 Å². The molecule has 1 aromatic heterocycles. The van der Waals surface area contributed by atoms with Crippen molar-refractivity contribution in [2.45, 2.75) is 19.9 Å². The molecule has 0 spiro atoms. The van der Waals surface area contributed by atoms with Gasteiger partial charge in [-0.2, -0.15) is 0 Å². The molecule has 6 nitrogen and oxygen atoms in total. The Morgan fingerprint density at radius 2 is 1.96 bits per heavy atom. The lowest BCUT2D eigenvalue weighted by Crippen LogP contribution is -2.41. The molecule has 0 unspecified atom stereocenters. The molecular formula is C18H25N3O3. The molecule has 3 heterocycles. The maximum Gasteiger partial charge on any atom is 0.263 e. The van der Waals surface area contributed by atoms with Crippen LogP contribution in [-0.2, 0) is 11.3 Å². The molecule has 0 radical (unpaired) electrons. The number of ether oxygens (including phenoxy) is 1. The largest absolute Gasteiger partial charge is 0.379 e. The molecule has 2 aliphatic heterocycles. The van der Waals surface area contributed by atoms with Gasteiger partial charge in [0.2, 0.25) is 0 Å². The summed E-state index contributed by atoms with van der Waals surface area (Å²) in [7, 11) is 0. The fourth-order valence-corrected chi connectivity index (χ4v) is 3.16.